The first-order chi connectivity index (χ1) is 13.1. The number of hydrogen-bond acceptors (Lipinski definition) is 4. The molecule has 2 N–H and O–H groups in total. The van der Waals surface area contributed by atoms with E-state index in [9.17, 15) is 9.59 Å². The number of hydrogen-bond donors (Lipinski definition) is 2. The van der Waals surface area contributed by atoms with Gasteiger partial charge in [0.25, 0.3) is 5.91 Å². The highest BCUT2D eigenvalue weighted by atomic mass is 32.1. The summed E-state index contributed by atoms with van der Waals surface area (Å²) in [7, 11) is 0. The molecule has 5 nitrogen and oxygen atoms in total. The van der Waals surface area contributed by atoms with Crippen LogP contribution in [0.4, 0.5) is 0 Å². The van der Waals surface area contributed by atoms with E-state index in [1.165, 1.54) is 11.3 Å². The Morgan fingerprint density at radius 2 is 1.70 bits per heavy atom. The Hall–Kier alpha value is -2.99. The van der Waals surface area contributed by atoms with Crippen LogP contribution in [0.1, 0.15) is 26.6 Å². The van der Waals surface area contributed by atoms with Crippen molar-refractivity contribution >= 4 is 23.2 Å². The Labute approximate surface area is 162 Å². The van der Waals surface area contributed by atoms with Gasteiger partial charge in [-0.3, -0.25) is 9.59 Å². The van der Waals surface area contributed by atoms with E-state index in [1.54, 1.807) is 24.3 Å². The quantitative estimate of drug-likeness (QED) is 0.663. The Morgan fingerprint density at radius 1 is 1.04 bits per heavy atom. The number of thiazole rings is 1. The van der Waals surface area contributed by atoms with E-state index in [1.807, 2.05) is 48.7 Å². The van der Waals surface area contributed by atoms with Crippen LogP contribution in [0.25, 0.3) is 0 Å². The number of carbonyl (C=O) groups is 2. The molecule has 3 aromatic rings. The number of carbonyl (C=O) groups excluding carboxylic acids is 2. The number of aromatic nitrogens is 1. The van der Waals surface area contributed by atoms with Gasteiger partial charge >= 0.3 is 0 Å². The van der Waals surface area contributed by atoms with Crippen LogP contribution in [-0.4, -0.2) is 22.8 Å². The van der Waals surface area contributed by atoms with Gasteiger partial charge in [0, 0.05) is 23.1 Å². The normalized spacial score (nSPS) is 11.6. The minimum atomic E-state index is -0.666. The average Bonchev–Trinajstić information content (AvgIpc) is 3.12. The second kappa shape index (κ2) is 9.09. The zero-order valence-electron chi connectivity index (χ0n) is 15.0. The van der Waals surface area contributed by atoms with E-state index in [0.717, 1.165) is 16.3 Å². The summed E-state index contributed by atoms with van der Waals surface area (Å²) >= 11 is 1.50. The van der Waals surface area contributed by atoms with Crippen molar-refractivity contribution in [2.24, 2.45) is 0 Å². The van der Waals surface area contributed by atoms with Crippen LogP contribution < -0.4 is 10.6 Å². The minimum Gasteiger partial charge on any atom is -0.348 e. The first kappa shape index (κ1) is 18.8. The highest BCUT2D eigenvalue weighted by Gasteiger charge is 2.22. The van der Waals surface area contributed by atoms with Crippen LogP contribution >= 0.6 is 11.3 Å². The molecule has 6 heteroatoms. The van der Waals surface area contributed by atoms with Crippen LogP contribution in [0.5, 0.6) is 0 Å². The lowest BCUT2D eigenvalue weighted by Gasteiger charge is -2.18. The summed E-state index contributed by atoms with van der Waals surface area (Å²) in [5.74, 6) is -0.493. The van der Waals surface area contributed by atoms with Gasteiger partial charge in [0.2, 0.25) is 5.91 Å². The van der Waals surface area contributed by atoms with E-state index in [-0.39, 0.29) is 11.8 Å². The monoisotopic (exact) mass is 379 g/mol. The van der Waals surface area contributed by atoms with Crippen molar-refractivity contribution in [2.75, 3.05) is 0 Å². The van der Waals surface area contributed by atoms with E-state index >= 15 is 0 Å². The average molecular weight is 379 g/mol. The Morgan fingerprint density at radius 3 is 2.33 bits per heavy atom. The van der Waals surface area contributed by atoms with Gasteiger partial charge in [0.1, 0.15) is 11.0 Å². The molecule has 27 heavy (non-hydrogen) atoms. The molecule has 0 aliphatic heterocycles. The molecule has 0 aliphatic rings. The van der Waals surface area contributed by atoms with E-state index in [0.29, 0.717) is 18.5 Å². The molecule has 0 aliphatic carbocycles. The standard InChI is InChI=1S/C21H21N3O2S/c1-15-14-27-19(23-15)13-22-21(26)18(12-16-8-4-2-5-9-16)24-20(25)17-10-6-3-7-11-17/h2-11,14,18H,12-13H2,1H3,(H,22,26)(H,24,25)/t18-/m0/s1. The molecule has 1 aromatic heterocycles. The molecule has 0 fully saturated rings. The Kier molecular flexibility index (Phi) is 6.33. The second-order valence-corrected chi connectivity index (χ2v) is 7.12. The summed E-state index contributed by atoms with van der Waals surface area (Å²) in [6, 6.07) is 17.9. The first-order valence-corrected chi connectivity index (χ1v) is 9.58. The maximum Gasteiger partial charge on any atom is 0.251 e. The Balaban J connectivity index is 1.70. The molecule has 1 atom stereocenters. The van der Waals surface area contributed by atoms with Crippen LogP contribution in [0.2, 0.25) is 0 Å². The smallest absolute Gasteiger partial charge is 0.251 e. The molecular formula is C21H21N3O2S. The van der Waals surface area contributed by atoms with Gasteiger partial charge in [-0.05, 0) is 24.6 Å². The molecule has 0 spiro atoms. The lowest BCUT2D eigenvalue weighted by molar-refractivity contribution is -0.123. The van der Waals surface area contributed by atoms with Crippen molar-refractivity contribution in [3.63, 3.8) is 0 Å². The van der Waals surface area contributed by atoms with Gasteiger partial charge < -0.3 is 10.6 Å². The molecule has 2 aromatic carbocycles. The maximum atomic E-state index is 12.7. The highest BCUT2D eigenvalue weighted by molar-refractivity contribution is 7.09. The lowest BCUT2D eigenvalue weighted by Crippen LogP contribution is -2.47. The number of aryl methyl sites for hydroxylation is 1. The van der Waals surface area contributed by atoms with E-state index in [2.05, 4.69) is 15.6 Å². The van der Waals surface area contributed by atoms with Crippen molar-refractivity contribution in [3.8, 4) is 0 Å². The van der Waals surface area contributed by atoms with Gasteiger partial charge in [0.15, 0.2) is 0 Å². The molecule has 138 valence electrons. The maximum absolute atomic E-state index is 12.7. The molecule has 0 saturated carbocycles. The summed E-state index contributed by atoms with van der Waals surface area (Å²) in [6.45, 7) is 2.27. The van der Waals surface area contributed by atoms with Gasteiger partial charge in [-0.15, -0.1) is 11.3 Å². The summed E-state index contributed by atoms with van der Waals surface area (Å²) in [4.78, 5) is 29.6. The SMILES string of the molecule is Cc1csc(CNC(=O)[C@H](Cc2ccccc2)NC(=O)c2ccccc2)n1. The molecule has 3 rings (SSSR count). The van der Waals surface area contributed by atoms with Gasteiger partial charge in [0.05, 0.1) is 6.54 Å². The predicted octanol–water partition coefficient (Wildman–Crippen LogP) is 3.11. The topological polar surface area (TPSA) is 71.1 Å². The summed E-state index contributed by atoms with van der Waals surface area (Å²) < 4.78 is 0. The zero-order chi connectivity index (χ0) is 19.1. The first-order valence-electron chi connectivity index (χ1n) is 8.70. The highest BCUT2D eigenvalue weighted by Crippen LogP contribution is 2.09. The largest absolute Gasteiger partial charge is 0.348 e. The number of benzene rings is 2. The molecular weight excluding hydrogens is 358 g/mol. The summed E-state index contributed by atoms with van der Waals surface area (Å²) in [6.07, 6.45) is 0.419. The number of rotatable bonds is 7. The van der Waals surface area contributed by atoms with Crippen LogP contribution in [0.3, 0.4) is 0 Å². The molecule has 2 amide bonds. The van der Waals surface area contributed by atoms with Crippen LogP contribution in [0, 0.1) is 6.92 Å². The fourth-order valence-corrected chi connectivity index (χ4v) is 3.37. The van der Waals surface area contributed by atoms with Gasteiger partial charge in [-0.1, -0.05) is 48.5 Å². The zero-order valence-corrected chi connectivity index (χ0v) is 15.8. The third kappa shape index (κ3) is 5.49. The van der Waals surface area contributed by atoms with Crippen molar-refractivity contribution in [3.05, 3.63) is 87.9 Å². The van der Waals surface area contributed by atoms with E-state index in [4.69, 9.17) is 0 Å². The van der Waals surface area contributed by atoms with Crippen molar-refractivity contribution in [1.82, 2.24) is 15.6 Å². The fraction of sp³-hybridized carbons (Fsp3) is 0.190. The Bertz CT molecular complexity index is 894. The van der Waals surface area contributed by atoms with Crippen LogP contribution in [-0.2, 0) is 17.8 Å². The number of nitrogens with zero attached hydrogens (tertiary/aromatic N) is 1. The van der Waals surface area contributed by atoms with Crippen molar-refractivity contribution in [1.29, 1.82) is 0 Å². The predicted molar refractivity (Wildman–Crippen MR) is 107 cm³/mol. The minimum absolute atomic E-state index is 0.226. The van der Waals surface area contributed by atoms with Crippen molar-refractivity contribution in [2.45, 2.75) is 25.9 Å². The third-order valence-electron chi connectivity index (χ3n) is 4.02. The third-order valence-corrected chi connectivity index (χ3v) is 4.99. The summed E-state index contributed by atoms with van der Waals surface area (Å²) in [5.41, 5.74) is 2.44. The van der Waals surface area contributed by atoms with E-state index < -0.39 is 6.04 Å². The summed E-state index contributed by atoms with van der Waals surface area (Å²) in [5, 5.41) is 8.52. The van der Waals surface area contributed by atoms with Crippen molar-refractivity contribution < 1.29 is 9.59 Å². The molecule has 0 saturated heterocycles. The molecule has 0 bridgehead atoms. The van der Waals surface area contributed by atoms with Gasteiger partial charge in [-0.2, -0.15) is 0 Å². The van der Waals surface area contributed by atoms with Crippen LogP contribution in [0.15, 0.2) is 66.0 Å². The number of nitrogens with one attached hydrogen (secondary N) is 2. The molecule has 0 unspecified atom stereocenters. The fourth-order valence-electron chi connectivity index (χ4n) is 2.66. The second-order valence-electron chi connectivity index (χ2n) is 6.18. The molecule has 0 radical (unpaired) electrons. The molecule has 1 heterocycles. The van der Waals surface area contributed by atoms with Gasteiger partial charge in [-0.25, -0.2) is 4.98 Å². The number of amides is 2. The lowest BCUT2D eigenvalue weighted by atomic mass is 10.0.